The average Bonchev–Trinajstić information content (AvgIpc) is 2.97. The van der Waals surface area contributed by atoms with Crippen LogP contribution in [0.25, 0.3) is 0 Å². The first kappa shape index (κ1) is 18.2. The molecule has 0 fully saturated rings. The molecule has 0 amide bonds. The molecule has 0 aliphatic rings. The first-order chi connectivity index (χ1) is 12.3. The van der Waals surface area contributed by atoms with Gasteiger partial charge in [-0.1, -0.05) is 33.6 Å². The van der Waals surface area contributed by atoms with Crippen molar-refractivity contribution in [3.05, 3.63) is 70.2 Å². The SMILES string of the molecule is Cc1ccc(C(=O)Oc2cc(N)n(S(=O)(=O)c3ccc(Br)cc3)n2)cc1. The van der Waals surface area contributed by atoms with Crippen LogP contribution >= 0.6 is 15.9 Å². The molecule has 0 saturated carbocycles. The van der Waals surface area contributed by atoms with Crippen molar-refractivity contribution >= 4 is 37.7 Å². The number of ether oxygens (including phenoxy) is 1. The zero-order valence-corrected chi connectivity index (χ0v) is 16.0. The summed E-state index contributed by atoms with van der Waals surface area (Å²) in [6.07, 6.45) is 0. The normalized spacial score (nSPS) is 11.3. The fourth-order valence-corrected chi connectivity index (χ4v) is 3.61. The fraction of sp³-hybridized carbons (Fsp3) is 0.0588. The Morgan fingerprint density at radius 3 is 2.35 bits per heavy atom. The molecular formula is C17H14BrN3O4S. The van der Waals surface area contributed by atoms with Crippen molar-refractivity contribution in [2.24, 2.45) is 0 Å². The highest BCUT2D eigenvalue weighted by molar-refractivity contribution is 9.10. The quantitative estimate of drug-likeness (QED) is 0.631. The molecule has 0 radical (unpaired) electrons. The van der Waals surface area contributed by atoms with Gasteiger partial charge in [-0.25, -0.2) is 4.79 Å². The van der Waals surface area contributed by atoms with Gasteiger partial charge >= 0.3 is 5.97 Å². The summed E-state index contributed by atoms with van der Waals surface area (Å²) in [4.78, 5) is 12.1. The maximum Gasteiger partial charge on any atom is 0.344 e. The van der Waals surface area contributed by atoms with Crippen molar-refractivity contribution in [1.82, 2.24) is 9.19 Å². The minimum Gasteiger partial charge on any atom is -0.402 e. The number of nitrogens with two attached hydrogens (primary N) is 1. The van der Waals surface area contributed by atoms with Gasteiger partial charge in [0, 0.05) is 10.5 Å². The standard InChI is InChI=1S/C17H14BrN3O4S/c1-11-2-4-12(5-3-11)17(22)25-16-10-15(19)21(20-16)26(23,24)14-8-6-13(18)7-9-14/h2-10H,19H2,1H3. The molecule has 1 aromatic heterocycles. The molecule has 3 aromatic rings. The number of nitrogen functional groups attached to an aromatic ring is 1. The van der Waals surface area contributed by atoms with Crippen molar-refractivity contribution in [3.63, 3.8) is 0 Å². The second-order valence-electron chi connectivity index (χ2n) is 5.46. The Balaban J connectivity index is 1.88. The minimum atomic E-state index is -4.00. The number of rotatable bonds is 4. The molecule has 9 heteroatoms. The maximum absolute atomic E-state index is 12.6. The highest BCUT2D eigenvalue weighted by Gasteiger charge is 2.23. The number of carbonyl (C=O) groups is 1. The number of hydrogen-bond acceptors (Lipinski definition) is 6. The van der Waals surface area contributed by atoms with Gasteiger partial charge in [0.25, 0.3) is 10.0 Å². The van der Waals surface area contributed by atoms with Gasteiger partial charge in [-0.2, -0.15) is 8.42 Å². The molecular weight excluding hydrogens is 422 g/mol. The second kappa shape index (κ2) is 6.93. The predicted molar refractivity (Wildman–Crippen MR) is 99.5 cm³/mol. The zero-order valence-electron chi connectivity index (χ0n) is 13.6. The molecule has 2 aromatic carbocycles. The molecule has 0 aliphatic carbocycles. The van der Waals surface area contributed by atoms with Crippen LogP contribution in [-0.2, 0) is 10.0 Å². The Kier molecular flexibility index (Phi) is 4.84. The van der Waals surface area contributed by atoms with Crippen LogP contribution in [0.5, 0.6) is 5.88 Å². The summed E-state index contributed by atoms with van der Waals surface area (Å²) >= 11 is 3.24. The number of esters is 1. The molecule has 0 atom stereocenters. The van der Waals surface area contributed by atoms with E-state index in [9.17, 15) is 13.2 Å². The van der Waals surface area contributed by atoms with Gasteiger partial charge in [0.05, 0.1) is 10.5 Å². The molecule has 0 unspecified atom stereocenters. The van der Waals surface area contributed by atoms with Crippen LogP contribution in [0.2, 0.25) is 0 Å². The molecule has 1 heterocycles. The van der Waals surface area contributed by atoms with Crippen LogP contribution in [-0.4, -0.2) is 23.6 Å². The Morgan fingerprint density at radius 1 is 1.12 bits per heavy atom. The summed E-state index contributed by atoms with van der Waals surface area (Å²) < 4.78 is 31.8. The van der Waals surface area contributed by atoms with Crippen molar-refractivity contribution in [2.75, 3.05) is 5.73 Å². The smallest absolute Gasteiger partial charge is 0.344 e. The first-order valence-electron chi connectivity index (χ1n) is 7.43. The molecule has 26 heavy (non-hydrogen) atoms. The number of aryl methyl sites for hydroxylation is 1. The summed E-state index contributed by atoms with van der Waals surface area (Å²) in [6.45, 7) is 1.89. The van der Waals surface area contributed by atoms with Gasteiger partial charge in [-0.3, -0.25) is 0 Å². The lowest BCUT2D eigenvalue weighted by atomic mass is 10.1. The number of anilines is 1. The Morgan fingerprint density at radius 2 is 1.73 bits per heavy atom. The third-order valence-electron chi connectivity index (χ3n) is 3.51. The van der Waals surface area contributed by atoms with E-state index in [1.165, 1.54) is 18.2 Å². The van der Waals surface area contributed by atoms with Gasteiger partial charge in [0.1, 0.15) is 5.82 Å². The summed E-state index contributed by atoms with van der Waals surface area (Å²) in [6, 6.07) is 13.9. The van der Waals surface area contributed by atoms with Crippen LogP contribution < -0.4 is 10.5 Å². The monoisotopic (exact) mass is 435 g/mol. The van der Waals surface area contributed by atoms with E-state index in [1.807, 2.05) is 6.92 Å². The second-order valence-corrected chi connectivity index (χ2v) is 8.15. The fourth-order valence-electron chi connectivity index (χ4n) is 2.15. The van der Waals surface area contributed by atoms with Gasteiger partial charge in [-0.05, 0) is 43.3 Å². The summed E-state index contributed by atoms with van der Waals surface area (Å²) in [5.41, 5.74) is 7.06. The highest BCUT2D eigenvalue weighted by Crippen LogP contribution is 2.23. The molecule has 134 valence electrons. The van der Waals surface area contributed by atoms with E-state index in [0.29, 0.717) is 9.65 Å². The Hall–Kier alpha value is -2.65. The number of benzene rings is 2. The van der Waals surface area contributed by atoms with E-state index in [-0.39, 0.29) is 16.6 Å². The van der Waals surface area contributed by atoms with E-state index in [1.54, 1.807) is 36.4 Å². The number of hydrogen-bond donors (Lipinski definition) is 1. The largest absolute Gasteiger partial charge is 0.402 e. The average molecular weight is 436 g/mol. The van der Waals surface area contributed by atoms with Crippen LogP contribution in [0.1, 0.15) is 15.9 Å². The van der Waals surface area contributed by atoms with Gasteiger partial charge in [-0.15, -0.1) is 9.19 Å². The Labute approximate surface area is 158 Å². The lowest BCUT2D eigenvalue weighted by Gasteiger charge is -2.06. The van der Waals surface area contributed by atoms with Crippen molar-refractivity contribution in [3.8, 4) is 5.88 Å². The minimum absolute atomic E-state index is 0.00640. The maximum atomic E-state index is 12.6. The third-order valence-corrected chi connectivity index (χ3v) is 5.65. The van der Waals surface area contributed by atoms with Crippen LogP contribution in [0.4, 0.5) is 5.82 Å². The van der Waals surface area contributed by atoms with Crippen molar-refractivity contribution < 1.29 is 17.9 Å². The topological polar surface area (TPSA) is 104 Å². The molecule has 0 saturated heterocycles. The summed E-state index contributed by atoms with van der Waals surface area (Å²) in [5.74, 6) is -1.02. The highest BCUT2D eigenvalue weighted by atomic mass is 79.9. The van der Waals surface area contributed by atoms with Crippen molar-refractivity contribution in [1.29, 1.82) is 0 Å². The predicted octanol–water partition coefficient (Wildman–Crippen LogP) is 2.99. The van der Waals surface area contributed by atoms with Crippen LogP contribution in [0.3, 0.4) is 0 Å². The molecule has 7 nitrogen and oxygen atoms in total. The van der Waals surface area contributed by atoms with Crippen LogP contribution in [0.15, 0.2) is 64.0 Å². The Bertz CT molecular complexity index is 1060. The third kappa shape index (κ3) is 3.63. The summed E-state index contributed by atoms with van der Waals surface area (Å²) in [7, 11) is -4.00. The molecule has 2 N–H and O–H groups in total. The van der Waals surface area contributed by atoms with E-state index in [0.717, 1.165) is 10.0 Å². The number of aromatic nitrogens is 2. The molecule has 0 spiro atoms. The van der Waals surface area contributed by atoms with E-state index in [4.69, 9.17) is 10.5 Å². The van der Waals surface area contributed by atoms with Gasteiger partial charge < -0.3 is 10.5 Å². The molecule has 0 aliphatic heterocycles. The number of nitrogens with zero attached hydrogens (tertiary/aromatic N) is 2. The van der Waals surface area contributed by atoms with E-state index in [2.05, 4.69) is 21.0 Å². The van der Waals surface area contributed by atoms with Crippen molar-refractivity contribution in [2.45, 2.75) is 11.8 Å². The lowest BCUT2D eigenvalue weighted by molar-refractivity contribution is 0.0727. The zero-order chi connectivity index (χ0) is 18.9. The van der Waals surface area contributed by atoms with E-state index >= 15 is 0 Å². The van der Waals surface area contributed by atoms with Crippen LogP contribution in [0, 0.1) is 6.92 Å². The number of halogens is 1. The van der Waals surface area contributed by atoms with Gasteiger partial charge in [0.2, 0.25) is 5.88 Å². The molecule has 0 bridgehead atoms. The number of carbonyl (C=O) groups excluding carboxylic acids is 1. The van der Waals surface area contributed by atoms with E-state index < -0.39 is 16.0 Å². The van der Waals surface area contributed by atoms with Gasteiger partial charge in [0.15, 0.2) is 0 Å². The molecule has 3 rings (SSSR count). The summed E-state index contributed by atoms with van der Waals surface area (Å²) in [5, 5.41) is 3.81. The lowest BCUT2D eigenvalue weighted by Crippen LogP contribution is -2.17. The first-order valence-corrected chi connectivity index (χ1v) is 9.66.